The molecule has 0 bridgehead atoms. The fraction of sp³-hybridized carbons (Fsp3) is 0.0435. The predicted molar refractivity (Wildman–Crippen MR) is 114 cm³/mol. The topological polar surface area (TPSA) is 98.7 Å². The van der Waals surface area contributed by atoms with Crippen LogP contribution in [0.3, 0.4) is 0 Å². The maximum absolute atomic E-state index is 7.64. The molecule has 4 rings (SSSR count). The third-order valence-electron chi connectivity index (χ3n) is 4.62. The summed E-state index contributed by atoms with van der Waals surface area (Å²) in [6, 6.07) is 23.1. The Kier molecular flexibility index (Phi) is 4.41. The molecule has 0 atom stereocenters. The Morgan fingerprint density at radius 3 is 2.04 bits per heavy atom. The molecule has 28 heavy (non-hydrogen) atoms. The molecule has 5 N–H and O–H groups in total. The quantitative estimate of drug-likeness (QED) is 0.284. The lowest BCUT2D eigenvalue weighted by molar-refractivity contribution is 0.483. The normalized spacial score (nSPS) is 10.8. The molecule has 0 aliphatic rings. The molecule has 0 spiro atoms. The molecule has 0 radical (unpaired) electrons. The van der Waals surface area contributed by atoms with Crippen molar-refractivity contribution in [3.63, 3.8) is 0 Å². The molecule has 138 valence electrons. The number of aromatic amines is 1. The van der Waals surface area contributed by atoms with Crippen LogP contribution in [-0.4, -0.2) is 16.5 Å². The zero-order valence-electron chi connectivity index (χ0n) is 15.4. The first kappa shape index (κ1) is 17.5. The van der Waals surface area contributed by atoms with Crippen LogP contribution in [0.4, 0.5) is 0 Å². The third-order valence-corrected chi connectivity index (χ3v) is 4.62. The highest BCUT2D eigenvalue weighted by Crippen LogP contribution is 2.28. The number of nitrogens with one attached hydrogen (secondary N) is 3. The highest BCUT2D eigenvalue weighted by atomic mass is 16.5. The molecule has 4 aromatic rings. The summed E-state index contributed by atoms with van der Waals surface area (Å²) in [5.74, 6) is 1.55. The van der Waals surface area contributed by atoms with Gasteiger partial charge < -0.3 is 20.9 Å². The first-order valence-electron chi connectivity index (χ1n) is 8.91. The number of nitrogen functional groups attached to an aromatic ring is 1. The molecular weight excluding hydrogens is 348 g/mol. The van der Waals surface area contributed by atoms with Gasteiger partial charge in [-0.2, -0.15) is 0 Å². The van der Waals surface area contributed by atoms with Crippen molar-refractivity contribution < 1.29 is 4.74 Å². The van der Waals surface area contributed by atoms with Crippen LogP contribution in [0.1, 0.15) is 18.1 Å². The fourth-order valence-electron chi connectivity index (χ4n) is 3.07. The maximum Gasteiger partial charge on any atom is 0.127 e. The molecule has 0 fully saturated rings. The molecule has 0 aliphatic carbocycles. The zero-order chi connectivity index (χ0) is 19.7. The van der Waals surface area contributed by atoms with Crippen molar-refractivity contribution in [1.82, 2.24) is 4.98 Å². The van der Waals surface area contributed by atoms with E-state index in [-0.39, 0.29) is 5.84 Å². The summed E-state index contributed by atoms with van der Waals surface area (Å²) in [5.41, 5.74) is 10.7. The Morgan fingerprint density at radius 2 is 1.43 bits per heavy atom. The highest BCUT2D eigenvalue weighted by molar-refractivity contribution is 5.99. The minimum atomic E-state index is 0.0648. The molecule has 5 nitrogen and oxygen atoms in total. The first-order valence-corrected chi connectivity index (χ1v) is 8.91. The van der Waals surface area contributed by atoms with Gasteiger partial charge in [-0.25, -0.2) is 0 Å². The minimum absolute atomic E-state index is 0.0648. The summed E-state index contributed by atoms with van der Waals surface area (Å²) in [6.45, 7) is 1.76. The first-order chi connectivity index (χ1) is 13.5. The summed E-state index contributed by atoms with van der Waals surface area (Å²) >= 11 is 0. The average Bonchev–Trinajstić information content (AvgIpc) is 3.12. The second-order valence-electron chi connectivity index (χ2n) is 6.67. The van der Waals surface area contributed by atoms with Crippen molar-refractivity contribution in [2.24, 2.45) is 5.73 Å². The van der Waals surface area contributed by atoms with Gasteiger partial charge in [-0.05, 0) is 90.8 Å². The molecule has 3 aromatic carbocycles. The van der Waals surface area contributed by atoms with Gasteiger partial charge in [0.25, 0.3) is 0 Å². The van der Waals surface area contributed by atoms with Crippen molar-refractivity contribution in [3.8, 4) is 22.8 Å². The number of H-pyrrole nitrogens is 1. The Bertz CT molecular complexity index is 1170. The monoisotopic (exact) mass is 368 g/mol. The van der Waals surface area contributed by atoms with Gasteiger partial charge in [0.1, 0.15) is 17.3 Å². The van der Waals surface area contributed by atoms with Crippen LogP contribution < -0.4 is 10.5 Å². The summed E-state index contributed by atoms with van der Waals surface area (Å²) in [6.07, 6.45) is 0. The van der Waals surface area contributed by atoms with Crippen LogP contribution in [0.15, 0.2) is 72.8 Å². The Morgan fingerprint density at radius 1 is 0.821 bits per heavy atom. The van der Waals surface area contributed by atoms with E-state index in [0.29, 0.717) is 11.3 Å². The fourth-order valence-corrected chi connectivity index (χ4v) is 3.07. The zero-order valence-corrected chi connectivity index (χ0v) is 15.4. The van der Waals surface area contributed by atoms with Crippen LogP contribution in [0.5, 0.6) is 11.5 Å². The van der Waals surface area contributed by atoms with Crippen molar-refractivity contribution in [2.45, 2.75) is 6.92 Å². The lowest BCUT2D eigenvalue weighted by atomic mass is 10.1. The predicted octanol–water partition coefficient (Wildman–Crippen LogP) is 5.30. The van der Waals surface area contributed by atoms with E-state index in [2.05, 4.69) is 11.1 Å². The minimum Gasteiger partial charge on any atom is -0.457 e. The number of amidine groups is 1. The van der Waals surface area contributed by atoms with E-state index in [0.717, 1.165) is 39.2 Å². The Balaban J connectivity index is 1.55. The average molecular weight is 368 g/mol. The van der Waals surface area contributed by atoms with Gasteiger partial charge in [0.05, 0.1) is 0 Å². The number of fused-ring (bicyclic) bond motifs is 1. The Hall–Kier alpha value is -3.86. The number of ether oxygens (including phenoxy) is 1. The van der Waals surface area contributed by atoms with Gasteiger partial charge in [0, 0.05) is 27.9 Å². The lowest BCUT2D eigenvalue weighted by Gasteiger charge is -2.07. The van der Waals surface area contributed by atoms with E-state index >= 15 is 0 Å². The summed E-state index contributed by atoms with van der Waals surface area (Å²) in [7, 11) is 0. The van der Waals surface area contributed by atoms with Crippen LogP contribution in [0.25, 0.3) is 22.2 Å². The van der Waals surface area contributed by atoms with E-state index < -0.39 is 0 Å². The van der Waals surface area contributed by atoms with E-state index in [1.54, 1.807) is 6.92 Å². The molecule has 0 aliphatic heterocycles. The van der Waals surface area contributed by atoms with Gasteiger partial charge in [0.2, 0.25) is 0 Å². The summed E-state index contributed by atoms with van der Waals surface area (Å²) < 4.78 is 5.89. The van der Waals surface area contributed by atoms with Gasteiger partial charge in [-0.1, -0.05) is 0 Å². The van der Waals surface area contributed by atoms with Crippen molar-refractivity contribution in [3.05, 3.63) is 83.9 Å². The second kappa shape index (κ2) is 7.04. The maximum atomic E-state index is 7.64. The second-order valence-corrected chi connectivity index (χ2v) is 6.67. The van der Waals surface area contributed by atoms with E-state index in [4.69, 9.17) is 21.3 Å². The SMILES string of the molecule is CC(=N)c1ccc(Oc2ccc(-c3cc4cc(C(=N)N)ccc4[nH]3)cc2)cc1. The van der Waals surface area contributed by atoms with Crippen LogP contribution in [0.2, 0.25) is 0 Å². The number of hydrogen-bond acceptors (Lipinski definition) is 3. The molecule has 5 heteroatoms. The van der Waals surface area contributed by atoms with Gasteiger partial charge >= 0.3 is 0 Å². The van der Waals surface area contributed by atoms with Gasteiger partial charge in [-0.3, -0.25) is 5.41 Å². The van der Waals surface area contributed by atoms with Crippen molar-refractivity contribution in [1.29, 1.82) is 10.8 Å². The van der Waals surface area contributed by atoms with Gasteiger partial charge in [0.15, 0.2) is 0 Å². The Labute approximate surface area is 162 Å². The number of rotatable bonds is 5. The third kappa shape index (κ3) is 3.50. The van der Waals surface area contributed by atoms with E-state index in [1.165, 1.54) is 0 Å². The van der Waals surface area contributed by atoms with Crippen molar-refractivity contribution >= 4 is 22.5 Å². The van der Waals surface area contributed by atoms with Crippen LogP contribution >= 0.6 is 0 Å². The molecule has 1 heterocycles. The number of benzene rings is 3. The number of nitrogens with two attached hydrogens (primary N) is 1. The highest BCUT2D eigenvalue weighted by Gasteiger charge is 2.06. The van der Waals surface area contributed by atoms with E-state index in [9.17, 15) is 0 Å². The van der Waals surface area contributed by atoms with Crippen LogP contribution in [-0.2, 0) is 0 Å². The smallest absolute Gasteiger partial charge is 0.127 e. The molecular formula is C23H20N4O. The molecule has 0 unspecified atom stereocenters. The van der Waals surface area contributed by atoms with Crippen molar-refractivity contribution in [2.75, 3.05) is 0 Å². The molecule has 0 saturated heterocycles. The summed E-state index contributed by atoms with van der Waals surface area (Å²) in [5, 5.41) is 16.2. The molecule has 0 saturated carbocycles. The standard InChI is InChI=1S/C23H20N4O/c1-14(24)15-2-7-19(8-3-15)28-20-9-4-16(5-10-20)22-13-18-12-17(23(25)26)6-11-21(18)27-22/h2-13,24,27H,1H3,(H3,25,26). The molecule has 0 amide bonds. The van der Waals surface area contributed by atoms with E-state index in [1.807, 2.05) is 66.7 Å². The van der Waals surface area contributed by atoms with Gasteiger partial charge in [-0.15, -0.1) is 0 Å². The number of aromatic nitrogens is 1. The largest absolute Gasteiger partial charge is 0.457 e. The number of hydrogen-bond donors (Lipinski definition) is 4. The summed E-state index contributed by atoms with van der Waals surface area (Å²) in [4.78, 5) is 3.39. The lowest BCUT2D eigenvalue weighted by Crippen LogP contribution is -2.10. The molecule has 1 aromatic heterocycles. The van der Waals surface area contributed by atoms with Crippen LogP contribution in [0, 0.1) is 10.8 Å².